The van der Waals surface area contributed by atoms with Crippen LogP contribution in [0.2, 0.25) is 0 Å². The van der Waals surface area contributed by atoms with Crippen LogP contribution in [0.25, 0.3) is 0 Å². The molecule has 2 heterocycles. The normalized spacial score (nSPS) is 16.4. The van der Waals surface area contributed by atoms with E-state index in [1.165, 1.54) is 16.9 Å². The van der Waals surface area contributed by atoms with Crippen molar-refractivity contribution in [2.75, 3.05) is 16.8 Å². The summed E-state index contributed by atoms with van der Waals surface area (Å²) >= 11 is 1.33. The van der Waals surface area contributed by atoms with Gasteiger partial charge in [0, 0.05) is 30.1 Å². The van der Waals surface area contributed by atoms with Gasteiger partial charge in [-0.3, -0.25) is 14.9 Å². The van der Waals surface area contributed by atoms with Crippen LogP contribution < -0.4 is 10.2 Å². The minimum absolute atomic E-state index is 0.0155. The van der Waals surface area contributed by atoms with Crippen LogP contribution in [0.4, 0.5) is 10.8 Å². The monoisotopic (exact) mass is 392 g/mol. The zero-order chi connectivity index (χ0) is 19.5. The van der Waals surface area contributed by atoms with E-state index < -0.39 is 0 Å². The van der Waals surface area contributed by atoms with Gasteiger partial charge in [0.2, 0.25) is 11.0 Å². The molecule has 1 N–H and O–H groups in total. The number of aryl methyl sites for hydroxylation is 1. The highest BCUT2D eigenvalue weighted by molar-refractivity contribution is 7.15. The highest BCUT2D eigenvalue weighted by atomic mass is 32.1. The minimum atomic E-state index is -0.219. The number of aromatic nitrogens is 2. The predicted octanol–water partition coefficient (Wildman–Crippen LogP) is 3.87. The Labute approximate surface area is 167 Å². The molecule has 4 rings (SSSR count). The molecule has 1 aliphatic heterocycles. The van der Waals surface area contributed by atoms with Crippen LogP contribution >= 0.6 is 11.3 Å². The van der Waals surface area contributed by atoms with Crippen LogP contribution in [-0.2, 0) is 11.2 Å². The Kier molecular flexibility index (Phi) is 5.16. The Hall–Kier alpha value is -3.06. The molecule has 2 amide bonds. The van der Waals surface area contributed by atoms with Crippen LogP contribution in [0.15, 0.2) is 54.6 Å². The summed E-state index contributed by atoms with van der Waals surface area (Å²) < 4.78 is 0. The van der Waals surface area contributed by atoms with Crippen LogP contribution in [0.1, 0.15) is 40.2 Å². The fourth-order valence-corrected chi connectivity index (χ4v) is 4.07. The first-order valence-corrected chi connectivity index (χ1v) is 10.0. The summed E-state index contributed by atoms with van der Waals surface area (Å²) in [5, 5.41) is 12.3. The molecular weight excluding hydrogens is 372 g/mol. The lowest BCUT2D eigenvalue weighted by atomic mass is 10.1. The van der Waals surface area contributed by atoms with Crippen molar-refractivity contribution in [1.82, 2.24) is 10.2 Å². The second kappa shape index (κ2) is 7.90. The first kappa shape index (κ1) is 18.3. The molecule has 0 aliphatic carbocycles. The van der Waals surface area contributed by atoms with Crippen molar-refractivity contribution in [3.05, 3.63) is 70.7 Å². The molecule has 0 unspecified atom stereocenters. The first-order chi connectivity index (χ1) is 13.6. The lowest BCUT2D eigenvalue weighted by Gasteiger charge is -2.16. The van der Waals surface area contributed by atoms with Gasteiger partial charge in [-0.1, -0.05) is 48.6 Å². The molecule has 6 nitrogen and oxygen atoms in total. The van der Waals surface area contributed by atoms with Crippen molar-refractivity contribution in [1.29, 1.82) is 0 Å². The second-order valence-corrected chi connectivity index (χ2v) is 7.70. The summed E-state index contributed by atoms with van der Waals surface area (Å²) in [5.74, 6) is -0.152. The number of amides is 2. The van der Waals surface area contributed by atoms with E-state index in [1.54, 1.807) is 17.0 Å². The van der Waals surface area contributed by atoms with E-state index in [9.17, 15) is 9.59 Å². The Morgan fingerprint density at radius 2 is 1.89 bits per heavy atom. The minimum Gasteiger partial charge on any atom is -0.312 e. The summed E-state index contributed by atoms with van der Waals surface area (Å²) in [5.41, 5.74) is 2.72. The number of hydrogen-bond donors (Lipinski definition) is 1. The molecule has 7 heteroatoms. The number of benzene rings is 2. The Morgan fingerprint density at radius 1 is 1.14 bits per heavy atom. The SMILES string of the molecule is CCc1ccc(N2C[C@@H](c3nnc(NC(=O)c4ccccc4)s3)CC2=O)cc1. The second-order valence-electron chi connectivity index (χ2n) is 6.69. The van der Waals surface area contributed by atoms with E-state index in [4.69, 9.17) is 0 Å². The number of anilines is 2. The molecule has 1 saturated heterocycles. The zero-order valence-corrected chi connectivity index (χ0v) is 16.3. The van der Waals surface area contributed by atoms with E-state index in [0.717, 1.165) is 17.1 Å². The van der Waals surface area contributed by atoms with E-state index in [-0.39, 0.29) is 17.7 Å². The zero-order valence-electron chi connectivity index (χ0n) is 15.5. The first-order valence-electron chi connectivity index (χ1n) is 9.23. The molecule has 0 bridgehead atoms. The van der Waals surface area contributed by atoms with Gasteiger partial charge in [0.25, 0.3) is 5.91 Å². The van der Waals surface area contributed by atoms with Gasteiger partial charge in [0.05, 0.1) is 0 Å². The van der Waals surface area contributed by atoms with Crippen molar-refractivity contribution < 1.29 is 9.59 Å². The van der Waals surface area contributed by atoms with Crippen molar-refractivity contribution in [2.24, 2.45) is 0 Å². The maximum absolute atomic E-state index is 12.5. The molecule has 0 saturated carbocycles. The Bertz CT molecular complexity index is 985. The van der Waals surface area contributed by atoms with E-state index >= 15 is 0 Å². The molecule has 2 aromatic carbocycles. The van der Waals surface area contributed by atoms with Crippen LogP contribution in [0, 0.1) is 0 Å². The molecule has 1 fully saturated rings. The van der Waals surface area contributed by atoms with Crippen LogP contribution in [0.5, 0.6) is 0 Å². The molecule has 142 valence electrons. The number of carbonyl (C=O) groups excluding carboxylic acids is 2. The summed E-state index contributed by atoms with van der Waals surface area (Å²) in [7, 11) is 0. The van der Waals surface area contributed by atoms with E-state index in [0.29, 0.717) is 23.7 Å². The molecule has 1 aliphatic rings. The highest BCUT2D eigenvalue weighted by Gasteiger charge is 2.34. The van der Waals surface area contributed by atoms with E-state index in [1.807, 2.05) is 30.3 Å². The van der Waals surface area contributed by atoms with Gasteiger partial charge in [-0.15, -0.1) is 10.2 Å². The number of nitrogens with one attached hydrogen (secondary N) is 1. The third kappa shape index (κ3) is 3.80. The predicted molar refractivity (Wildman–Crippen MR) is 110 cm³/mol. The maximum Gasteiger partial charge on any atom is 0.257 e. The number of nitrogens with zero attached hydrogens (tertiary/aromatic N) is 3. The highest BCUT2D eigenvalue weighted by Crippen LogP contribution is 2.34. The molecule has 3 aromatic rings. The molecule has 0 radical (unpaired) electrons. The standard InChI is InChI=1S/C21H20N4O2S/c1-2-14-8-10-17(11-9-14)25-13-16(12-18(25)26)20-23-24-21(28-20)22-19(27)15-6-4-3-5-7-15/h3-11,16H,2,12-13H2,1H3,(H,22,24,27)/t16-/m0/s1. The lowest BCUT2D eigenvalue weighted by molar-refractivity contribution is -0.117. The van der Waals surface area contributed by atoms with Gasteiger partial charge in [0.15, 0.2) is 0 Å². The van der Waals surface area contributed by atoms with Crippen molar-refractivity contribution >= 4 is 34.0 Å². The summed E-state index contributed by atoms with van der Waals surface area (Å²) in [6, 6.07) is 17.1. The molecule has 28 heavy (non-hydrogen) atoms. The fourth-order valence-electron chi connectivity index (χ4n) is 3.24. The molecule has 1 aromatic heterocycles. The van der Waals surface area contributed by atoms with Gasteiger partial charge >= 0.3 is 0 Å². The third-order valence-electron chi connectivity index (χ3n) is 4.83. The van der Waals surface area contributed by atoms with Crippen LogP contribution in [-0.4, -0.2) is 28.6 Å². The maximum atomic E-state index is 12.5. The molecule has 1 atom stereocenters. The average Bonchev–Trinajstić information content (AvgIpc) is 3.35. The largest absolute Gasteiger partial charge is 0.312 e. The van der Waals surface area contributed by atoms with E-state index in [2.05, 4.69) is 34.6 Å². The lowest BCUT2D eigenvalue weighted by Crippen LogP contribution is -2.24. The van der Waals surface area contributed by atoms with Crippen molar-refractivity contribution in [3.8, 4) is 0 Å². The fraction of sp³-hybridized carbons (Fsp3) is 0.238. The topological polar surface area (TPSA) is 75.2 Å². The van der Waals surface area contributed by atoms with Crippen molar-refractivity contribution in [3.63, 3.8) is 0 Å². The van der Waals surface area contributed by atoms with Gasteiger partial charge in [-0.05, 0) is 36.2 Å². The average molecular weight is 392 g/mol. The molecular formula is C21H20N4O2S. The van der Waals surface area contributed by atoms with Crippen molar-refractivity contribution in [2.45, 2.75) is 25.7 Å². The smallest absolute Gasteiger partial charge is 0.257 e. The summed E-state index contributed by atoms with van der Waals surface area (Å²) in [6.07, 6.45) is 1.37. The quantitative estimate of drug-likeness (QED) is 0.715. The summed E-state index contributed by atoms with van der Waals surface area (Å²) in [4.78, 5) is 26.5. The number of rotatable bonds is 5. The van der Waals surface area contributed by atoms with Gasteiger partial charge in [-0.2, -0.15) is 0 Å². The van der Waals surface area contributed by atoms with Gasteiger partial charge in [0.1, 0.15) is 5.01 Å². The number of hydrogen-bond acceptors (Lipinski definition) is 5. The number of carbonyl (C=O) groups is 2. The van der Waals surface area contributed by atoms with Gasteiger partial charge < -0.3 is 4.90 Å². The Balaban J connectivity index is 1.44. The molecule has 0 spiro atoms. The van der Waals surface area contributed by atoms with Crippen LogP contribution in [0.3, 0.4) is 0 Å². The van der Waals surface area contributed by atoms with Gasteiger partial charge in [-0.25, -0.2) is 0 Å². The third-order valence-corrected chi connectivity index (χ3v) is 5.83. The Morgan fingerprint density at radius 3 is 2.61 bits per heavy atom. The summed E-state index contributed by atoms with van der Waals surface area (Å²) in [6.45, 7) is 2.68.